The summed E-state index contributed by atoms with van der Waals surface area (Å²) in [4.78, 5) is 16.2. The molecule has 0 spiro atoms. The molecule has 0 bridgehead atoms. The van der Waals surface area contributed by atoms with Gasteiger partial charge < -0.3 is 10.1 Å². The molecule has 1 amide bonds. The number of benzene rings is 1. The van der Waals surface area contributed by atoms with Gasteiger partial charge in [-0.25, -0.2) is 9.37 Å². The van der Waals surface area contributed by atoms with Gasteiger partial charge in [0, 0.05) is 11.2 Å². The van der Waals surface area contributed by atoms with Gasteiger partial charge in [-0.1, -0.05) is 11.6 Å². The highest BCUT2D eigenvalue weighted by Crippen LogP contribution is 2.23. The summed E-state index contributed by atoms with van der Waals surface area (Å²) in [7, 11) is 0. The summed E-state index contributed by atoms with van der Waals surface area (Å²) in [6, 6.07) is 7.07. The number of aromatic nitrogens is 1. The molecule has 21 heavy (non-hydrogen) atoms. The summed E-state index contributed by atoms with van der Waals surface area (Å²) >= 11 is 5.78. The number of hydrogen-bond acceptors (Lipinski definition) is 3. The fourth-order valence-electron chi connectivity index (χ4n) is 1.66. The first kappa shape index (κ1) is 15.3. The van der Waals surface area contributed by atoms with Crippen LogP contribution in [0.15, 0.2) is 36.5 Å². The molecule has 2 rings (SSSR count). The van der Waals surface area contributed by atoms with Gasteiger partial charge in [0.2, 0.25) is 5.88 Å². The minimum Gasteiger partial charge on any atom is -0.473 e. The zero-order valence-electron chi connectivity index (χ0n) is 11.6. The van der Waals surface area contributed by atoms with Crippen LogP contribution in [0.25, 0.3) is 0 Å². The molecular formula is C15H14ClFN2O2. The second-order valence-corrected chi connectivity index (χ2v) is 5.04. The molecule has 0 aliphatic heterocycles. The Morgan fingerprint density at radius 1 is 1.38 bits per heavy atom. The molecule has 0 aliphatic rings. The average Bonchev–Trinajstić information content (AvgIpc) is 2.43. The minimum absolute atomic E-state index is 0.0987. The number of ether oxygens (including phenoxy) is 1. The fourth-order valence-corrected chi connectivity index (χ4v) is 1.84. The average molecular weight is 309 g/mol. The largest absolute Gasteiger partial charge is 0.473 e. The van der Waals surface area contributed by atoms with Crippen molar-refractivity contribution in [2.45, 2.75) is 20.0 Å². The zero-order chi connectivity index (χ0) is 15.4. The SMILES string of the molecule is CC(C)Oc1ncccc1NC(=O)c1cc(Cl)ccc1F. The lowest BCUT2D eigenvalue weighted by Crippen LogP contribution is -2.16. The van der Waals surface area contributed by atoms with E-state index in [4.69, 9.17) is 16.3 Å². The van der Waals surface area contributed by atoms with Crippen LogP contribution in [0.1, 0.15) is 24.2 Å². The Balaban J connectivity index is 2.25. The number of hydrogen-bond donors (Lipinski definition) is 1. The first-order valence-electron chi connectivity index (χ1n) is 6.35. The summed E-state index contributed by atoms with van der Waals surface area (Å²) in [5.74, 6) is -0.980. The molecule has 4 nitrogen and oxygen atoms in total. The second-order valence-electron chi connectivity index (χ2n) is 4.60. The van der Waals surface area contributed by atoms with E-state index in [1.807, 2.05) is 13.8 Å². The summed E-state index contributed by atoms with van der Waals surface area (Å²) < 4.78 is 19.2. The number of anilines is 1. The van der Waals surface area contributed by atoms with Gasteiger partial charge in [0.1, 0.15) is 11.5 Å². The van der Waals surface area contributed by atoms with E-state index in [9.17, 15) is 9.18 Å². The highest BCUT2D eigenvalue weighted by molar-refractivity contribution is 6.31. The van der Waals surface area contributed by atoms with Crippen LogP contribution < -0.4 is 10.1 Å². The van der Waals surface area contributed by atoms with E-state index in [1.165, 1.54) is 12.1 Å². The Morgan fingerprint density at radius 3 is 2.86 bits per heavy atom. The maximum Gasteiger partial charge on any atom is 0.258 e. The van der Waals surface area contributed by atoms with Crippen molar-refractivity contribution in [3.63, 3.8) is 0 Å². The maximum atomic E-state index is 13.7. The monoisotopic (exact) mass is 308 g/mol. The van der Waals surface area contributed by atoms with Crippen molar-refractivity contribution in [1.29, 1.82) is 0 Å². The number of halogens is 2. The van der Waals surface area contributed by atoms with Crippen molar-refractivity contribution < 1.29 is 13.9 Å². The van der Waals surface area contributed by atoms with E-state index in [2.05, 4.69) is 10.3 Å². The molecule has 0 atom stereocenters. The third kappa shape index (κ3) is 3.92. The van der Waals surface area contributed by atoms with Crippen LogP contribution in [0.5, 0.6) is 5.88 Å². The number of carbonyl (C=O) groups is 1. The maximum absolute atomic E-state index is 13.7. The van der Waals surface area contributed by atoms with Crippen LogP contribution in [0.3, 0.4) is 0 Å². The smallest absolute Gasteiger partial charge is 0.258 e. The van der Waals surface area contributed by atoms with Gasteiger partial charge in [0.25, 0.3) is 5.91 Å². The van der Waals surface area contributed by atoms with E-state index in [-0.39, 0.29) is 22.6 Å². The topological polar surface area (TPSA) is 51.2 Å². The fraction of sp³-hybridized carbons (Fsp3) is 0.200. The predicted octanol–water partition coefficient (Wildman–Crippen LogP) is 3.91. The normalized spacial score (nSPS) is 10.5. The lowest BCUT2D eigenvalue weighted by atomic mass is 10.2. The number of rotatable bonds is 4. The molecule has 6 heteroatoms. The lowest BCUT2D eigenvalue weighted by Gasteiger charge is -2.13. The zero-order valence-corrected chi connectivity index (χ0v) is 12.3. The second kappa shape index (κ2) is 6.54. The van der Waals surface area contributed by atoms with Gasteiger partial charge in [-0.2, -0.15) is 0 Å². The number of nitrogens with one attached hydrogen (secondary N) is 1. The molecule has 0 fully saturated rings. The van der Waals surface area contributed by atoms with E-state index < -0.39 is 11.7 Å². The minimum atomic E-state index is -0.646. The Hall–Kier alpha value is -2.14. The molecule has 0 saturated heterocycles. The molecule has 2 aromatic rings. The Kier molecular flexibility index (Phi) is 4.75. The predicted molar refractivity (Wildman–Crippen MR) is 79.4 cm³/mol. The molecule has 0 aliphatic carbocycles. The van der Waals surface area contributed by atoms with Gasteiger partial charge in [-0.15, -0.1) is 0 Å². The Bertz CT molecular complexity index is 662. The standard InChI is InChI=1S/C15H14ClFN2O2/c1-9(2)21-15-13(4-3-7-18-15)19-14(20)11-8-10(16)5-6-12(11)17/h3-9H,1-2H3,(H,19,20). The van der Waals surface area contributed by atoms with Gasteiger partial charge >= 0.3 is 0 Å². The molecular weight excluding hydrogens is 295 g/mol. The van der Waals surface area contributed by atoms with E-state index in [0.29, 0.717) is 5.69 Å². The van der Waals surface area contributed by atoms with E-state index in [0.717, 1.165) is 6.07 Å². The van der Waals surface area contributed by atoms with Crippen LogP contribution in [-0.4, -0.2) is 17.0 Å². The third-order valence-corrected chi connectivity index (χ3v) is 2.77. The van der Waals surface area contributed by atoms with Crippen molar-refractivity contribution in [3.8, 4) is 5.88 Å². The third-order valence-electron chi connectivity index (χ3n) is 2.54. The number of nitrogens with zero attached hydrogens (tertiary/aromatic N) is 1. The molecule has 1 N–H and O–H groups in total. The number of carbonyl (C=O) groups excluding carboxylic acids is 1. The summed E-state index contributed by atoms with van der Waals surface area (Å²) in [5, 5.41) is 2.86. The Labute approximate surface area is 126 Å². The van der Waals surface area contributed by atoms with Crippen LogP contribution >= 0.6 is 11.6 Å². The number of amides is 1. The molecule has 1 aromatic heterocycles. The van der Waals surface area contributed by atoms with Crippen LogP contribution in [0, 0.1) is 5.82 Å². The molecule has 0 radical (unpaired) electrons. The highest BCUT2D eigenvalue weighted by atomic mass is 35.5. The van der Waals surface area contributed by atoms with Crippen molar-refractivity contribution in [3.05, 3.63) is 52.9 Å². The first-order valence-corrected chi connectivity index (χ1v) is 6.73. The molecule has 110 valence electrons. The molecule has 0 unspecified atom stereocenters. The van der Waals surface area contributed by atoms with Gasteiger partial charge in [-0.3, -0.25) is 4.79 Å². The van der Waals surface area contributed by atoms with Crippen molar-refractivity contribution >= 4 is 23.2 Å². The molecule has 1 heterocycles. The van der Waals surface area contributed by atoms with Crippen molar-refractivity contribution in [1.82, 2.24) is 4.98 Å². The van der Waals surface area contributed by atoms with E-state index in [1.54, 1.807) is 18.3 Å². The van der Waals surface area contributed by atoms with Crippen molar-refractivity contribution in [2.75, 3.05) is 5.32 Å². The summed E-state index contributed by atoms with van der Waals surface area (Å²) in [6.07, 6.45) is 1.45. The van der Waals surface area contributed by atoms with E-state index >= 15 is 0 Å². The Morgan fingerprint density at radius 2 is 2.14 bits per heavy atom. The summed E-state index contributed by atoms with van der Waals surface area (Å²) in [5.41, 5.74) is 0.234. The van der Waals surface area contributed by atoms with Crippen molar-refractivity contribution in [2.24, 2.45) is 0 Å². The van der Waals surface area contributed by atoms with Gasteiger partial charge in [0.05, 0.1) is 11.7 Å². The first-order chi connectivity index (χ1) is 9.97. The quantitative estimate of drug-likeness (QED) is 0.931. The van der Waals surface area contributed by atoms with Crippen LogP contribution in [-0.2, 0) is 0 Å². The summed E-state index contributed by atoms with van der Waals surface area (Å²) in [6.45, 7) is 3.69. The highest BCUT2D eigenvalue weighted by Gasteiger charge is 2.15. The van der Waals surface area contributed by atoms with Crippen LogP contribution in [0.4, 0.5) is 10.1 Å². The molecule has 1 aromatic carbocycles. The molecule has 0 saturated carbocycles. The van der Waals surface area contributed by atoms with Crippen LogP contribution in [0.2, 0.25) is 5.02 Å². The van der Waals surface area contributed by atoms with Gasteiger partial charge in [0.15, 0.2) is 0 Å². The van der Waals surface area contributed by atoms with Gasteiger partial charge in [-0.05, 0) is 44.2 Å². The number of pyridine rings is 1. The lowest BCUT2D eigenvalue weighted by molar-refractivity contribution is 0.102.